The predicted octanol–water partition coefficient (Wildman–Crippen LogP) is 2.74. The Hall–Kier alpha value is -1.04. The molecule has 0 N–H and O–H groups in total. The minimum absolute atomic E-state index is 0.116. The number of hydrogen-bond donors (Lipinski definition) is 0. The van der Waals surface area contributed by atoms with Crippen molar-refractivity contribution in [1.29, 1.82) is 0 Å². The summed E-state index contributed by atoms with van der Waals surface area (Å²) in [6, 6.07) is 2.86. The Morgan fingerprint density at radius 3 is 2.47 bits per heavy atom. The molecule has 0 aliphatic carbocycles. The third-order valence-corrected chi connectivity index (χ3v) is 4.74. The van der Waals surface area contributed by atoms with Crippen LogP contribution in [0.2, 0.25) is 10.0 Å². The zero-order valence-corrected chi connectivity index (χ0v) is 11.1. The SMILES string of the molecule is Cc1cc(Cl)c(Cl)cc1S(=O)(=O)n1ccnc1. The Morgan fingerprint density at radius 1 is 1.24 bits per heavy atom. The van der Waals surface area contributed by atoms with Crippen LogP contribution in [-0.2, 0) is 10.0 Å². The van der Waals surface area contributed by atoms with Gasteiger partial charge in [0.15, 0.2) is 0 Å². The summed E-state index contributed by atoms with van der Waals surface area (Å²) < 4.78 is 25.4. The maximum atomic E-state index is 12.2. The molecule has 0 atom stereocenters. The molecular formula is C10H8Cl2N2O2S. The third kappa shape index (κ3) is 2.18. The lowest BCUT2D eigenvalue weighted by molar-refractivity contribution is 0.586. The maximum absolute atomic E-state index is 12.2. The largest absolute Gasteiger partial charge is 0.269 e. The van der Waals surface area contributed by atoms with Gasteiger partial charge >= 0.3 is 0 Å². The van der Waals surface area contributed by atoms with E-state index in [9.17, 15) is 8.42 Å². The minimum Gasteiger partial charge on any atom is -0.244 e. The van der Waals surface area contributed by atoms with Crippen molar-refractivity contribution in [1.82, 2.24) is 8.96 Å². The van der Waals surface area contributed by atoms with Crippen molar-refractivity contribution in [3.8, 4) is 0 Å². The molecule has 1 aromatic carbocycles. The van der Waals surface area contributed by atoms with Crippen LogP contribution in [0.5, 0.6) is 0 Å². The zero-order valence-electron chi connectivity index (χ0n) is 8.76. The molecule has 0 saturated carbocycles. The highest BCUT2D eigenvalue weighted by atomic mass is 35.5. The minimum atomic E-state index is -3.65. The van der Waals surface area contributed by atoms with Crippen LogP contribution in [0, 0.1) is 6.92 Å². The van der Waals surface area contributed by atoms with Crippen LogP contribution in [0.15, 0.2) is 35.7 Å². The lowest BCUT2D eigenvalue weighted by atomic mass is 10.2. The first-order chi connectivity index (χ1) is 7.93. The topological polar surface area (TPSA) is 52.0 Å². The van der Waals surface area contributed by atoms with E-state index in [0.717, 1.165) is 3.97 Å². The van der Waals surface area contributed by atoms with Crippen LogP contribution < -0.4 is 0 Å². The summed E-state index contributed by atoms with van der Waals surface area (Å²) in [5, 5.41) is 0.532. The average Bonchev–Trinajstić information content (AvgIpc) is 2.77. The lowest BCUT2D eigenvalue weighted by Crippen LogP contribution is -2.12. The number of benzene rings is 1. The van der Waals surface area contributed by atoms with Gasteiger partial charge in [-0.15, -0.1) is 0 Å². The lowest BCUT2D eigenvalue weighted by Gasteiger charge is -2.09. The van der Waals surface area contributed by atoms with Gasteiger partial charge < -0.3 is 0 Å². The fraction of sp³-hybridized carbons (Fsp3) is 0.100. The highest BCUT2D eigenvalue weighted by Crippen LogP contribution is 2.29. The fourth-order valence-corrected chi connectivity index (χ4v) is 3.21. The first-order valence-electron chi connectivity index (χ1n) is 4.62. The summed E-state index contributed by atoms with van der Waals surface area (Å²) in [5.74, 6) is 0. The van der Waals surface area contributed by atoms with Gasteiger partial charge in [0.05, 0.1) is 14.9 Å². The summed E-state index contributed by atoms with van der Waals surface area (Å²) in [6.45, 7) is 1.66. The summed E-state index contributed by atoms with van der Waals surface area (Å²) in [6.07, 6.45) is 3.97. The molecular weight excluding hydrogens is 283 g/mol. The first-order valence-corrected chi connectivity index (χ1v) is 6.81. The Bertz CT molecular complexity index is 651. The Morgan fingerprint density at radius 2 is 1.88 bits per heavy atom. The normalized spacial score (nSPS) is 11.7. The van der Waals surface area contributed by atoms with Gasteiger partial charge in [0, 0.05) is 12.4 Å². The zero-order chi connectivity index (χ0) is 12.6. The number of rotatable bonds is 2. The molecule has 1 aromatic heterocycles. The van der Waals surface area contributed by atoms with E-state index in [-0.39, 0.29) is 9.92 Å². The molecule has 4 nitrogen and oxygen atoms in total. The molecule has 90 valence electrons. The van der Waals surface area contributed by atoms with Crippen molar-refractivity contribution in [2.75, 3.05) is 0 Å². The molecule has 0 spiro atoms. The van der Waals surface area contributed by atoms with Crippen molar-refractivity contribution in [2.24, 2.45) is 0 Å². The molecule has 0 aliphatic rings. The van der Waals surface area contributed by atoms with Gasteiger partial charge in [0.2, 0.25) is 0 Å². The van der Waals surface area contributed by atoms with E-state index in [1.54, 1.807) is 6.92 Å². The van der Waals surface area contributed by atoms with E-state index < -0.39 is 10.0 Å². The molecule has 2 aromatic rings. The van der Waals surface area contributed by atoms with Gasteiger partial charge in [-0.25, -0.2) is 17.4 Å². The monoisotopic (exact) mass is 290 g/mol. The van der Waals surface area contributed by atoms with Crippen molar-refractivity contribution in [3.63, 3.8) is 0 Å². The molecule has 17 heavy (non-hydrogen) atoms. The Balaban J connectivity index is 2.67. The molecule has 0 bridgehead atoms. The van der Waals surface area contributed by atoms with Gasteiger partial charge in [-0.05, 0) is 24.6 Å². The van der Waals surface area contributed by atoms with Crippen molar-refractivity contribution in [2.45, 2.75) is 11.8 Å². The van der Waals surface area contributed by atoms with E-state index in [1.165, 1.54) is 30.9 Å². The van der Waals surface area contributed by atoms with E-state index >= 15 is 0 Å². The second-order valence-electron chi connectivity index (χ2n) is 3.43. The first kappa shape index (κ1) is 12.4. The smallest absolute Gasteiger partial charge is 0.244 e. The Kier molecular flexibility index (Phi) is 3.16. The van der Waals surface area contributed by atoms with Crippen molar-refractivity contribution >= 4 is 33.2 Å². The molecule has 2 rings (SSSR count). The molecule has 1 heterocycles. The van der Waals surface area contributed by atoms with Crippen LogP contribution in [0.1, 0.15) is 5.56 Å². The summed E-state index contributed by atoms with van der Waals surface area (Å²) in [4.78, 5) is 3.82. The van der Waals surface area contributed by atoms with Gasteiger partial charge in [-0.2, -0.15) is 0 Å². The van der Waals surface area contributed by atoms with E-state index in [0.29, 0.717) is 10.6 Å². The molecule has 0 unspecified atom stereocenters. The second kappa shape index (κ2) is 4.33. The molecule has 0 saturated heterocycles. The van der Waals surface area contributed by atoms with Crippen LogP contribution in [-0.4, -0.2) is 17.4 Å². The average molecular weight is 291 g/mol. The van der Waals surface area contributed by atoms with Crippen LogP contribution >= 0.6 is 23.2 Å². The van der Waals surface area contributed by atoms with E-state index in [4.69, 9.17) is 23.2 Å². The maximum Gasteiger partial charge on any atom is 0.269 e. The third-order valence-electron chi connectivity index (χ3n) is 2.25. The number of aryl methyl sites for hydroxylation is 1. The number of halogens is 2. The van der Waals surface area contributed by atoms with E-state index in [1.807, 2.05) is 0 Å². The predicted molar refractivity (Wildman–Crippen MR) is 66.0 cm³/mol. The van der Waals surface area contributed by atoms with Crippen LogP contribution in [0.25, 0.3) is 0 Å². The quantitative estimate of drug-likeness (QED) is 0.855. The summed E-state index contributed by atoms with van der Waals surface area (Å²) in [5.41, 5.74) is 0.535. The van der Waals surface area contributed by atoms with Gasteiger partial charge in [-0.3, -0.25) is 0 Å². The number of nitrogens with zero attached hydrogens (tertiary/aromatic N) is 2. The van der Waals surface area contributed by atoms with Crippen molar-refractivity contribution < 1.29 is 8.42 Å². The van der Waals surface area contributed by atoms with Gasteiger partial charge in [0.1, 0.15) is 6.33 Å². The number of hydrogen-bond acceptors (Lipinski definition) is 3. The summed E-state index contributed by atoms with van der Waals surface area (Å²) in [7, 11) is -3.65. The molecule has 0 radical (unpaired) electrons. The summed E-state index contributed by atoms with van der Waals surface area (Å²) >= 11 is 11.6. The molecule has 0 amide bonds. The molecule has 0 aliphatic heterocycles. The van der Waals surface area contributed by atoms with Gasteiger partial charge in [0.25, 0.3) is 10.0 Å². The van der Waals surface area contributed by atoms with E-state index in [2.05, 4.69) is 4.98 Å². The Labute approximate surface area is 109 Å². The number of aromatic nitrogens is 2. The fourth-order valence-electron chi connectivity index (χ4n) is 1.41. The number of imidazole rings is 1. The van der Waals surface area contributed by atoms with Crippen LogP contribution in [0.3, 0.4) is 0 Å². The standard InChI is InChI=1S/C10H8Cl2N2O2S/c1-7-4-8(11)9(12)5-10(7)17(15,16)14-3-2-13-6-14/h2-6H,1H3. The van der Waals surface area contributed by atoms with Crippen LogP contribution in [0.4, 0.5) is 0 Å². The highest BCUT2D eigenvalue weighted by Gasteiger charge is 2.20. The van der Waals surface area contributed by atoms with Crippen molar-refractivity contribution in [3.05, 3.63) is 46.5 Å². The molecule has 0 fully saturated rings. The molecule has 7 heteroatoms. The van der Waals surface area contributed by atoms with Gasteiger partial charge in [-0.1, -0.05) is 23.2 Å². The highest BCUT2D eigenvalue weighted by molar-refractivity contribution is 7.90. The second-order valence-corrected chi connectivity index (χ2v) is 6.06.